The van der Waals surface area contributed by atoms with Gasteiger partial charge in [0.2, 0.25) is 0 Å². The number of amides is 1. The van der Waals surface area contributed by atoms with Crippen LogP contribution in [0.15, 0.2) is 42.5 Å². The van der Waals surface area contributed by atoms with Crippen LogP contribution in [0, 0.1) is 10.1 Å². The van der Waals surface area contributed by atoms with Gasteiger partial charge in [-0.05, 0) is 36.8 Å². The summed E-state index contributed by atoms with van der Waals surface area (Å²) in [6.45, 7) is 2.73. The van der Waals surface area contributed by atoms with Crippen molar-refractivity contribution in [2.75, 3.05) is 19.0 Å². The number of hydrogen-bond donors (Lipinski definition) is 1. The first-order valence-electron chi connectivity index (χ1n) is 7.91. The maximum atomic E-state index is 12.3. The highest BCUT2D eigenvalue weighted by atomic mass is 16.6. The Morgan fingerprint density at radius 1 is 1.20 bits per heavy atom. The summed E-state index contributed by atoms with van der Waals surface area (Å²) in [4.78, 5) is 22.6. The fourth-order valence-corrected chi connectivity index (χ4v) is 2.13. The van der Waals surface area contributed by atoms with Crippen molar-refractivity contribution >= 4 is 17.3 Å². The lowest BCUT2D eigenvalue weighted by Crippen LogP contribution is -2.12. The molecule has 0 unspecified atom stereocenters. The summed E-state index contributed by atoms with van der Waals surface area (Å²) < 4.78 is 10.7. The number of nitro benzene ring substituents is 1. The summed E-state index contributed by atoms with van der Waals surface area (Å²) in [6.07, 6.45) is 2.03. The van der Waals surface area contributed by atoms with E-state index < -0.39 is 4.92 Å². The van der Waals surface area contributed by atoms with E-state index in [9.17, 15) is 14.9 Å². The normalized spacial score (nSPS) is 10.2. The number of rotatable bonds is 8. The van der Waals surface area contributed by atoms with E-state index in [1.807, 2.05) is 0 Å². The minimum absolute atomic E-state index is 0.108. The molecule has 7 heteroatoms. The molecule has 0 aromatic heterocycles. The average molecular weight is 344 g/mol. The summed E-state index contributed by atoms with van der Waals surface area (Å²) >= 11 is 0. The zero-order valence-electron chi connectivity index (χ0n) is 14.2. The van der Waals surface area contributed by atoms with Crippen molar-refractivity contribution in [2.24, 2.45) is 0 Å². The lowest BCUT2D eigenvalue weighted by atomic mass is 10.2. The molecule has 0 bridgehead atoms. The zero-order valence-corrected chi connectivity index (χ0v) is 14.2. The van der Waals surface area contributed by atoms with Gasteiger partial charge in [0.1, 0.15) is 11.5 Å². The van der Waals surface area contributed by atoms with Crippen LogP contribution in [-0.2, 0) is 0 Å². The third-order valence-corrected chi connectivity index (χ3v) is 3.53. The first kappa shape index (κ1) is 18.3. The zero-order chi connectivity index (χ0) is 18.2. The minimum Gasteiger partial charge on any atom is -0.494 e. The van der Waals surface area contributed by atoms with Gasteiger partial charge in [-0.15, -0.1) is 0 Å². The van der Waals surface area contributed by atoms with Gasteiger partial charge in [0, 0.05) is 11.6 Å². The molecule has 2 aromatic rings. The highest BCUT2D eigenvalue weighted by Gasteiger charge is 2.14. The SMILES string of the molecule is CCCCOc1ccc(C(=O)Nc2ccc([N+](=O)[O-])cc2OC)cc1. The van der Waals surface area contributed by atoms with Crippen LogP contribution >= 0.6 is 0 Å². The van der Waals surface area contributed by atoms with E-state index in [0.717, 1.165) is 12.8 Å². The molecule has 0 saturated heterocycles. The van der Waals surface area contributed by atoms with Gasteiger partial charge < -0.3 is 14.8 Å². The fraction of sp³-hybridized carbons (Fsp3) is 0.278. The predicted molar refractivity (Wildman–Crippen MR) is 94.4 cm³/mol. The Bertz CT molecular complexity index is 744. The van der Waals surface area contributed by atoms with Gasteiger partial charge in [0.25, 0.3) is 11.6 Å². The Hall–Kier alpha value is -3.09. The smallest absolute Gasteiger partial charge is 0.273 e. The molecular formula is C18H20N2O5. The highest BCUT2D eigenvalue weighted by molar-refractivity contribution is 6.05. The first-order chi connectivity index (χ1) is 12.0. The van der Waals surface area contributed by atoms with Crippen molar-refractivity contribution in [1.82, 2.24) is 0 Å². The summed E-state index contributed by atoms with van der Waals surface area (Å²) in [7, 11) is 1.39. The molecule has 0 fully saturated rings. The second-order valence-corrected chi connectivity index (χ2v) is 5.32. The number of benzene rings is 2. The van der Waals surface area contributed by atoms with Gasteiger partial charge in [0.05, 0.1) is 30.4 Å². The number of ether oxygens (including phenoxy) is 2. The van der Waals surface area contributed by atoms with E-state index in [2.05, 4.69) is 12.2 Å². The third kappa shape index (κ3) is 4.94. The fourth-order valence-electron chi connectivity index (χ4n) is 2.13. The Morgan fingerprint density at radius 3 is 2.52 bits per heavy atom. The number of unbranched alkanes of at least 4 members (excludes halogenated alkanes) is 1. The van der Waals surface area contributed by atoms with Crippen LogP contribution in [0.2, 0.25) is 0 Å². The molecule has 0 atom stereocenters. The molecule has 0 aliphatic rings. The molecular weight excluding hydrogens is 324 g/mol. The molecule has 0 saturated carbocycles. The van der Waals surface area contributed by atoms with Crippen molar-refractivity contribution < 1.29 is 19.2 Å². The van der Waals surface area contributed by atoms with Crippen LogP contribution in [0.3, 0.4) is 0 Å². The molecule has 2 rings (SSSR count). The molecule has 2 aromatic carbocycles. The topological polar surface area (TPSA) is 90.7 Å². The van der Waals surface area contributed by atoms with Gasteiger partial charge >= 0.3 is 0 Å². The number of methoxy groups -OCH3 is 1. The highest BCUT2D eigenvalue weighted by Crippen LogP contribution is 2.29. The maximum Gasteiger partial charge on any atom is 0.273 e. The van der Waals surface area contributed by atoms with Crippen molar-refractivity contribution in [2.45, 2.75) is 19.8 Å². The van der Waals surface area contributed by atoms with E-state index in [1.165, 1.54) is 25.3 Å². The molecule has 1 N–H and O–H groups in total. The van der Waals surface area contributed by atoms with Gasteiger partial charge in [-0.2, -0.15) is 0 Å². The van der Waals surface area contributed by atoms with E-state index in [-0.39, 0.29) is 17.3 Å². The third-order valence-electron chi connectivity index (χ3n) is 3.53. The van der Waals surface area contributed by atoms with Gasteiger partial charge in [0.15, 0.2) is 0 Å². The van der Waals surface area contributed by atoms with E-state index in [1.54, 1.807) is 24.3 Å². The Labute approximate surface area is 145 Å². The maximum absolute atomic E-state index is 12.3. The van der Waals surface area contributed by atoms with Crippen LogP contribution in [-0.4, -0.2) is 24.5 Å². The van der Waals surface area contributed by atoms with E-state index >= 15 is 0 Å². The number of carbonyl (C=O) groups excluding carboxylic acids is 1. The number of anilines is 1. The summed E-state index contributed by atoms with van der Waals surface area (Å²) in [5.74, 6) is 0.590. The number of non-ortho nitro benzene ring substituents is 1. The largest absolute Gasteiger partial charge is 0.494 e. The van der Waals surface area contributed by atoms with Gasteiger partial charge in [-0.1, -0.05) is 13.3 Å². The molecule has 7 nitrogen and oxygen atoms in total. The van der Waals surface area contributed by atoms with E-state index in [0.29, 0.717) is 23.6 Å². The van der Waals surface area contributed by atoms with Crippen LogP contribution in [0.25, 0.3) is 0 Å². The molecule has 0 radical (unpaired) electrons. The number of nitro groups is 1. The number of nitrogens with zero attached hydrogens (tertiary/aromatic N) is 1. The quantitative estimate of drug-likeness (QED) is 0.443. The second-order valence-electron chi connectivity index (χ2n) is 5.32. The lowest BCUT2D eigenvalue weighted by molar-refractivity contribution is -0.384. The Balaban J connectivity index is 2.07. The molecule has 25 heavy (non-hydrogen) atoms. The monoisotopic (exact) mass is 344 g/mol. The molecule has 0 heterocycles. The summed E-state index contributed by atoms with van der Waals surface area (Å²) in [6, 6.07) is 10.8. The predicted octanol–water partition coefficient (Wildman–Crippen LogP) is 4.03. The van der Waals surface area contributed by atoms with E-state index in [4.69, 9.17) is 9.47 Å². The lowest BCUT2D eigenvalue weighted by Gasteiger charge is -2.10. The van der Waals surface area contributed by atoms with Crippen molar-refractivity contribution in [3.63, 3.8) is 0 Å². The molecule has 0 aliphatic carbocycles. The Kier molecular flexibility index (Phi) is 6.33. The number of nitrogens with one attached hydrogen (secondary N) is 1. The first-order valence-corrected chi connectivity index (χ1v) is 7.91. The minimum atomic E-state index is -0.522. The summed E-state index contributed by atoms with van der Waals surface area (Å²) in [5.41, 5.74) is 0.702. The number of hydrogen-bond acceptors (Lipinski definition) is 5. The van der Waals surface area contributed by atoms with Crippen molar-refractivity contribution in [1.29, 1.82) is 0 Å². The second kappa shape index (κ2) is 8.68. The standard InChI is InChI=1S/C18H20N2O5/c1-3-4-11-25-15-8-5-13(6-9-15)18(21)19-16-10-7-14(20(22)23)12-17(16)24-2/h5-10,12H,3-4,11H2,1-2H3,(H,19,21). The van der Waals surface area contributed by atoms with Crippen LogP contribution < -0.4 is 14.8 Å². The van der Waals surface area contributed by atoms with Crippen LogP contribution in [0.4, 0.5) is 11.4 Å². The van der Waals surface area contributed by atoms with Gasteiger partial charge in [-0.25, -0.2) is 0 Å². The van der Waals surface area contributed by atoms with Crippen LogP contribution in [0.5, 0.6) is 11.5 Å². The number of carbonyl (C=O) groups is 1. The molecule has 0 spiro atoms. The van der Waals surface area contributed by atoms with Gasteiger partial charge in [-0.3, -0.25) is 14.9 Å². The van der Waals surface area contributed by atoms with Crippen molar-refractivity contribution in [3.05, 3.63) is 58.1 Å². The molecule has 1 amide bonds. The molecule has 0 aliphatic heterocycles. The Morgan fingerprint density at radius 2 is 1.92 bits per heavy atom. The molecule has 132 valence electrons. The van der Waals surface area contributed by atoms with Crippen molar-refractivity contribution in [3.8, 4) is 11.5 Å². The van der Waals surface area contributed by atoms with Crippen LogP contribution in [0.1, 0.15) is 30.1 Å². The summed E-state index contributed by atoms with van der Waals surface area (Å²) in [5, 5.41) is 13.5. The average Bonchev–Trinajstić information content (AvgIpc) is 2.62.